The lowest BCUT2D eigenvalue weighted by Gasteiger charge is -2.27. The quantitative estimate of drug-likeness (QED) is 0.681. The van der Waals surface area contributed by atoms with Gasteiger partial charge in [-0.05, 0) is 24.3 Å². The number of carbonyl (C=O) groups is 1. The zero-order valence-corrected chi connectivity index (χ0v) is 17.8. The lowest BCUT2D eigenvalue weighted by molar-refractivity contribution is -0.00567. The molecule has 1 spiro atoms. The Kier molecular flexibility index (Phi) is 5.42. The topological polar surface area (TPSA) is 93.7 Å². The van der Waals surface area contributed by atoms with E-state index in [0.717, 1.165) is 10.4 Å². The Morgan fingerprint density at radius 2 is 1.97 bits per heavy atom. The van der Waals surface area contributed by atoms with Crippen molar-refractivity contribution in [2.24, 2.45) is 0 Å². The minimum absolute atomic E-state index is 0.0264. The molecule has 32 heavy (non-hydrogen) atoms. The normalized spacial score (nSPS) is 22.8. The van der Waals surface area contributed by atoms with Gasteiger partial charge in [0.2, 0.25) is 21.4 Å². The third-order valence-corrected chi connectivity index (χ3v) is 7.30. The fourth-order valence-electron chi connectivity index (χ4n) is 3.64. The van der Waals surface area contributed by atoms with Crippen molar-refractivity contribution in [3.8, 4) is 5.75 Å². The number of ether oxygens (including phenoxy) is 2. The minimum Gasteiger partial charge on any atom is -0.485 e. The van der Waals surface area contributed by atoms with Gasteiger partial charge in [0.25, 0.3) is 0 Å². The molecule has 0 radical (unpaired) electrons. The molecule has 0 bridgehead atoms. The number of sulfonamides is 1. The molecule has 2 aliphatic rings. The Morgan fingerprint density at radius 3 is 2.59 bits per heavy atom. The number of alkyl carbamates (subject to hydrolysis) is 1. The summed E-state index contributed by atoms with van der Waals surface area (Å²) in [4.78, 5) is 17.9. The standard InChI is InChI=1S/C20H14ClFN4O5S/c1-23-15-5-4-13(8-14(15)22)30-18-9-26(11-20(18)10-25-19(27)31-20)32(28,29)17-6-3-12(21)7-16(17)24-2/h3-8,18H,9-11H2,(H,25,27)/t18-,20-/m0/s1. The van der Waals surface area contributed by atoms with Crippen molar-refractivity contribution in [1.29, 1.82) is 0 Å². The van der Waals surface area contributed by atoms with Crippen molar-refractivity contribution in [3.05, 3.63) is 70.1 Å². The maximum atomic E-state index is 14.0. The molecule has 0 saturated carbocycles. The van der Waals surface area contributed by atoms with Gasteiger partial charge in [-0.1, -0.05) is 17.7 Å². The predicted octanol–water partition coefficient (Wildman–Crippen LogP) is 3.51. The van der Waals surface area contributed by atoms with Crippen molar-refractivity contribution in [2.45, 2.75) is 16.6 Å². The number of benzene rings is 2. The van der Waals surface area contributed by atoms with Crippen LogP contribution >= 0.6 is 11.6 Å². The molecule has 2 aliphatic heterocycles. The molecule has 0 aromatic heterocycles. The maximum absolute atomic E-state index is 14.0. The molecule has 0 unspecified atom stereocenters. The van der Waals surface area contributed by atoms with Crippen LogP contribution in [0, 0.1) is 19.0 Å². The van der Waals surface area contributed by atoms with Crippen molar-refractivity contribution in [1.82, 2.24) is 9.62 Å². The zero-order valence-electron chi connectivity index (χ0n) is 16.2. The monoisotopic (exact) mass is 476 g/mol. The molecular formula is C20H14ClFN4O5S. The van der Waals surface area contributed by atoms with E-state index in [2.05, 4.69) is 15.0 Å². The van der Waals surface area contributed by atoms with Crippen molar-refractivity contribution in [3.63, 3.8) is 0 Å². The maximum Gasteiger partial charge on any atom is 0.408 e. The fraction of sp³-hybridized carbons (Fsp3) is 0.250. The molecule has 2 aromatic rings. The van der Waals surface area contributed by atoms with Crippen LogP contribution in [0.25, 0.3) is 9.69 Å². The van der Waals surface area contributed by atoms with Crippen LogP contribution in [0.4, 0.5) is 20.6 Å². The van der Waals surface area contributed by atoms with E-state index in [-0.39, 0.29) is 46.7 Å². The van der Waals surface area contributed by atoms with E-state index in [1.807, 2.05) is 0 Å². The zero-order chi connectivity index (χ0) is 23.1. The number of rotatable bonds is 4. The van der Waals surface area contributed by atoms with Crippen LogP contribution in [0.1, 0.15) is 0 Å². The second-order valence-electron chi connectivity index (χ2n) is 7.16. The van der Waals surface area contributed by atoms with E-state index in [0.29, 0.717) is 0 Å². The minimum atomic E-state index is -4.18. The fourth-order valence-corrected chi connectivity index (χ4v) is 5.41. The summed E-state index contributed by atoms with van der Waals surface area (Å²) >= 11 is 5.88. The highest BCUT2D eigenvalue weighted by Gasteiger charge is 2.57. The number of hydrogen-bond donors (Lipinski definition) is 1. The SMILES string of the molecule is [C-]#[N+]c1ccc(O[C@H]2CN(S(=O)(=O)c3ccc(Cl)cc3[N+]#[C-])C[C@@]23CNC(=O)O3)cc1F. The number of amides is 1. The lowest BCUT2D eigenvalue weighted by Crippen LogP contribution is -2.48. The average molecular weight is 477 g/mol. The van der Waals surface area contributed by atoms with Crippen LogP contribution in [-0.2, 0) is 14.8 Å². The van der Waals surface area contributed by atoms with Crippen LogP contribution in [-0.4, -0.2) is 50.2 Å². The van der Waals surface area contributed by atoms with E-state index in [4.69, 9.17) is 34.2 Å². The van der Waals surface area contributed by atoms with Crippen LogP contribution in [0.3, 0.4) is 0 Å². The van der Waals surface area contributed by atoms with Crippen molar-refractivity contribution in [2.75, 3.05) is 19.6 Å². The van der Waals surface area contributed by atoms with Crippen LogP contribution in [0.5, 0.6) is 5.75 Å². The molecule has 9 nitrogen and oxygen atoms in total. The van der Waals surface area contributed by atoms with Crippen LogP contribution in [0.15, 0.2) is 41.3 Å². The van der Waals surface area contributed by atoms with Gasteiger partial charge in [-0.2, -0.15) is 4.31 Å². The summed E-state index contributed by atoms with van der Waals surface area (Å²) in [5.74, 6) is -0.742. The Balaban J connectivity index is 1.68. The number of carbonyl (C=O) groups excluding carboxylic acids is 1. The van der Waals surface area contributed by atoms with Gasteiger partial charge in [-0.25, -0.2) is 27.3 Å². The highest BCUT2D eigenvalue weighted by Crippen LogP contribution is 2.38. The third-order valence-electron chi connectivity index (χ3n) is 5.21. The van der Waals surface area contributed by atoms with E-state index in [1.54, 1.807) is 0 Å². The van der Waals surface area contributed by atoms with Gasteiger partial charge in [-0.3, -0.25) is 0 Å². The van der Waals surface area contributed by atoms with Gasteiger partial charge in [-0.15, -0.1) is 0 Å². The molecule has 12 heteroatoms. The summed E-state index contributed by atoms with van der Waals surface area (Å²) in [7, 11) is -4.18. The lowest BCUT2D eigenvalue weighted by atomic mass is 10.0. The van der Waals surface area contributed by atoms with Crippen LogP contribution in [0.2, 0.25) is 5.02 Å². The third kappa shape index (κ3) is 3.71. The molecule has 1 N–H and O–H groups in total. The molecule has 2 atom stereocenters. The second-order valence-corrected chi connectivity index (χ2v) is 9.50. The summed E-state index contributed by atoms with van der Waals surface area (Å²) < 4.78 is 52.9. The van der Waals surface area contributed by atoms with Crippen LogP contribution < -0.4 is 10.1 Å². The Bertz CT molecular complexity index is 1310. The Labute approximate surface area is 188 Å². The molecule has 4 rings (SSSR count). The molecule has 2 fully saturated rings. The largest absolute Gasteiger partial charge is 0.485 e. The van der Waals surface area contributed by atoms with Crippen molar-refractivity contribution >= 4 is 39.1 Å². The first-order valence-electron chi connectivity index (χ1n) is 9.16. The predicted molar refractivity (Wildman–Crippen MR) is 111 cm³/mol. The molecule has 1 amide bonds. The van der Waals surface area contributed by atoms with Gasteiger partial charge >= 0.3 is 6.09 Å². The summed E-state index contributed by atoms with van der Waals surface area (Å²) in [5, 5.41) is 2.71. The first-order valence-corrected chi connectivity index (χ1v) is 11.0. The summed E-state index contributed by atoms with van der Waals surface area (Å²) in [6.07, 6.45) is -1.71. The molecule has 2 aromatic carbocycles. The van der Waals surface area contributed by atoms with Gasteiger partial charge in [0.1, 0.15) is 11.6 Å². The van der Waals surface area contributed by atoms with Gasteiger partial charge in [0, 0.05) is 11.1 Å². The molecule has 2 heterocycles. The molecule has 2 saturated heterocycles. The Hall–Kier alpha value is -3.38. The van der Waals surface area contributed by atoms with E-state index < -0.39 is 33.6 Å². The van der Waals surface area contributed by atoms with Gasteiger partial charge < -0.3 is 14.8 Å². The van der Waals surface area contributed by atoms with Gasteiger partial charge in [0.05, 0.1) is 37.7 Å². The van der Waals surface area contributed by atoms with E-state index >= 15 is 0 Å². The smallest absolute Gasteiger partial charge is 0.408 e. The highest BCUT2D eigenvalue weighted by molar-refractivity contribution is 7.89. The summed E-state index contributed by atoms with van der Waals surface area (Å²) in [6.45, 7) is 13.7. The number of halogens is 2. The number of nitrogens with one attached hydrogen (secondary N) is 1. The van der Waals surface area contributed by atoms with Crippen molar-refractivity contribution < 1.29 is 27.1 Å². The van der Waals surface area contributed by atoms with Gasteiger partial charge in [0.15, 0.2) is 11.7 Å². The first-order chi connectivity index (χ1) is 15.2. The van der Waals surface area contributed by atoms with E-state index in [1.165, 1.54) is 30.3 Å². The van der Waals surface area contributed by atoms with E-state index in [9.17, 15) is 17.6 Å². The summed E-state index contributed by atoms with van der Waals surface area (Å²) in [6, 6.07) is 7.48. The Morgan fingerprint density at radius 1 is 1.22 bits per heavy atom. The molecule has 0 aliphatic carbocycles. The number of nitrogens with zero attached hydrogens (tertiary/aromatic N) is 3. The molecule has 164 valence electrons. The highest BCUT2D eigenvalue weighted by atomic mass is 35.5. The average Bonchev–Trinajstić information content (AvgIpc) is 3.31. The first kappa shape index (κ1) is 21.8. The second kappa shape index (κ2) is 7.95. The number of hydrogen-bond acceptors (Lipinski definition) is 5. The summed E-state index contributed by atoms with van der Waals surface area (Å²) in [5.41, 5.74) is -1.69. The molecular weight excluding hydrogens is 463 g/mol.